The van der Waals surface area contributed by atoms with Gasteiger partial charge < -0.3 is 35.6 Å². The number of carbonyl (C=O) groups excluding carboxylic acids is 6. The highest BCUT2D eigenvalue weighted by molar-refractivity contribution is 6.38. The van der Waals surface area contributed by atoms with E-state index in [0.29, 0.717) is 13.0 Å². The van der Waals surface area contributed by atoms with E-state index in [9.17, 15) is 28.8 Å². The van der Waals surface area contributed by atoms with Gasteiger partial charge in [-0.05, 0) is 77.0 Å². The van der Waals surface area contributed by atoms with Crippen LogP contribution in [0, 0.1) is 22.7 Å². The van der Waals surface area contributed by atoms with Crippen LogP contribution in [0.3, 0.4) is 0 Å². The Hall–Kier alpha value is -3.64. The second-order valence-electron chi connectivity index (χ2n) is 15.8. The summed E-state index contributed by atoms with van der Waals surface area (Å²) in [7, 11) is 0. The molecule has 2 rings (SSSR count). The maximum Gasteiger partial charge on any atom is 0.408 e. The third-order valence-electron chi connectivity index (χ3n) is 8.13. The summed E-state index contributed by atoms with van der Waals surface area (Å²) < 4.78 is 10.6. The van der Waals surface area contributed by atoms with Crippen LogP contribution in [0.4, 0.5) is 9.59 Å². The maximum atomic E-state index is 14.0. The minimum atomic E-state index is -1.17. The quantitative estimate of drug-likeness (QED) is 0.142. The normalized spacial score (nSPS) is 21.5. The molecule has 1 saturated heterocycles. The van der Waals surface area contributed by atoms with Crippen molar-refractivity contribution in [2.75, 3.05) is 19.6 Å². The van der Waals surface area contributed by atoms with Crippen molar-refractivity contribution in [3.63, 3.8) is 0 Å². The van der Waals surface area contributed by atoms with Gasteiger partial charge in [0.2, 0.25) is 17.6 Å². The van der Waals surface area contributed by atoms with E-state index in [0.717, 1.165) is 0 Å². The van der Waals surface area contributed by atoms with Gasteiger partial charge in [0.05, 0.1) is 6.04 Å². The number of amides is 5. The van der Waals surface area contributed by atoms with E-state index in [1.165, 1.54) is 4.90 Å². The topological polar surface area (TPSA) is 172 Å². The van der Waals surface area contributed by atoms with Crippen LogP contribution in [0.15, 0.2) is 12.7 Å². The van der Waals surface area contributed by atoms with Gasteiger partial charge in [0.25, 0.3) is 5.91 Å². The number of carbonyl (C=O) groups is 6. The van der Waals surface area contributed by atoms with E-state index >= 15 is 0 Å². The van der Waals surface area contributed by atoms with Crippen LogP contribution in [0.1, 0.15) is 89.0 Å². The number of allylic oxidation sites excluding steroid dienone is 1. The predicted molar refractivity (Wildman–Crippen MR) is 172 cm³/mol. The molecule has 1 aliphatic carbocycles. The molecule has 5 atom stereocenters. The Balaban J connectivity index is 2.19. The fraction of sp³-hybridized carbons (Fsp3) is 0.758. The van der Waals surface area contributed by atoms with Crippen molar-refractivity contribution in [1.82, 2.24) is 26.2 Å². The lowest BCUT2D eigenvalue weighted by molar-refractivity contribution is -0.145. The smallest absolute Gasteiger partial charge is 0.408 e. The lowest BCUT2D eigenvalue weighted by Gasteiger charge is -2.38. The second-order valence-corrected chi connectivity index (χ2v) is 15.8. The lowest BCUT2D eigenvalue weighted by Crippen LogP contribution is -2.60. The zero-order valence-electron chi connectivity index (χ0n) is 29.4. The minimum Gasteiger partial charge on any atom is -0.444 e. The van der Waals surface area contributed by atoms with Crippen molar-refractivity contribution in [3.8, 4) is 0 Å². The molecule has 0 aromatic carbocycles. The van der Waals surface area contributed by atoms with Crippen molar-refractivity contribution in [1.29, 1.82) is 0 Å². The molecule has 2 fully saturated rings. The first-order valence-corrected chi connectivity index (χ1v) is 15.9. The molecular formula is C33H55N5O8. The molecule has 0 bridgehead atoms. The van der Waals surface area contributed by atoms with Gasteiger partial charge in [-0.15, -0.1) is 6.58 Å². The fourth-order valence-electron chi connectivity index (χ4n) is 5.76. The number of Topliss-reactive ketones (excluding diaryl/α,β-unsaturated/α-hetero) is 1. The average molecular weight is 650 g/mol. The minimum absolute atomic E-state index is 0.0290. The van der Waals surface area contributed by atoms with Crippen molar-refractivity contribution < 1.29 is 38.2 Å². The Morgan fingerprint density at radius 3 is 1.93 bits per heavy atom. The van der Waals surface area contributed by atoms with Crippen LogP contribution in [0.25, 0.3) is 0 Å². The third-order valence-corrected chi connectivity index (χ3v) is 8.13. The number of ether oxygens (including phenoxy) is 2. The average Bonchev–Trinajstić information content (AvgIpc) is 3.20. The molecule has 260 valence electrons. The second kappa shape index (κ2) is 14.4. The van der Waals surface area contributed by atoms with E-state index in [1.54, 1.807) is 47.6 Å². The zero-order chi connectivity index (χ0) is 35.4. The van der Waals surface area contributed by atoms with E-state index in [1.807, 2.05) is 34.6 Å². The Bertz CT molecular complexity index is 1190. The first-order valence-electron chi connectivity index (χ1n) is 15.9. The van der Waals surface area contributed by atoms with Gasteiger partial charge in [-0.2, -0.15) is 0 Å². The first kappa shape index (κ1) is 38.5. The summed E-state index contributed by atoms with van der Waals surface area (Å²) in [6.45, 7) is 23.8. The summed E-state index contributed by atoms with van der Waals surface area (Å²) in [5.41, 5.74) is -2.38. The SMILES string of the molecule is C=CCCC(NC(=O)[C@@H]1[C@H]2[C@@H](CN1C(=O)[C@@H](NC(=O)OC(C)(C)C)C(C)(C)C)C2(C)C)C(=O)C(=O)NCCNC(=O)OC(C)(C)C. The van der Waals surface area contributed by atoms with Gasteiger partial charge in [-0.1, -0.05) is 40.7 Å². The number of hydrogen-bond donors (Lipinski definition) is 4. The number of rotatable bonds is 12. The molecule has 0 aromatic rings. The summed E-state index contributed by atoms with van der Waals surface area (Å²) in [5, 5.41) is 10.4. The summed E-state index contributed by atoms with van der Waals surface area (Å²) in [6.07, 6.45) is 0.656. The van der Waals surface area contributed by atoms with Gasteiger partial charge >= 0.3 is 12.2 Å². The van der Waals surface area contributed by atoms with Crippen molar-refractivity contribution in [3.05, 3.63) is 12.7 Å². The van der Waals surface area contributed by atoms with Crippen molar-refractivity contribution in [2.24, 2.45) is 22.7 Å². The molecule has 2 aliphatic rings. The Kier molecular flexibility index (Phi) is 12.1. The zero-order valence-corrected chi connectivity index (χ0v) is 29.4. The Labute approximate surface area is 273 Å². The summed E-state index contributed by atoms with van der Waals surface area (Å²) >= 11 is 0. The van der Waals surface area contributed by atoms with Crippen LogP contribution in [-0.4, -0.2) is 89.6 Å². The van der Waals surface area contributed by atoms with E-state index < -0.39 is 70.4 Å². The molecular weight excluding hydrogens is 594 g/mol. The highest BCUT2D eigenvalue weighted by Crippen LogP contribution is 2.65. The number of fused-ring (bicyclic) bond motifs is 1. The molecule has 13 heteroatoms. The van der Waals surface area contributed by atoms with E-state index in [-0.39, 0.29) is 36.8 Å². The molecule has 5 amide bonds. The molecule has 0 aromatic heterocycles. The predicted octanol–water partition coefficient (Wildman–Crippen LogP) is 3.07. The first-order chi connectivity index (χ1) is 20.9. The molecule has 0 radical (unpaired) electrons. The standard InChI is InChI=1S/C33H55N5O8/c1-13-14-15-20(23(39)26(41)34-16-17-35-28(43)45-31(5,6)7)36-25(40)22-21-19(33(21,11)12)18-38(22)27(42)24(30(2,3)4)37-29(44)46-32(8,9)10/h13,19-22,24H,1,14-18H2,2-12H3,(H,34,41)(H,35,43)(H,36,40)(H,37,44)/t19-,20?,21-,22+,24-/m1/s1. The van der Waals surface area contributed by atoms with Crippen molar-refractivity contribution in [2.45, 2.75) is 118 Å². The number of nitrogens with zero attached hydrogens (tertiary/aromatic N) is 1. The van der Waals surface area contributed by atoms with Gasteiger partial charge in [0, 0.05) is 19.6 Å². The molecule has 1 heterocycles. The summed E-state index contributed by atoms with van der Waals surface area (Å²) in [6, 6.07) is -3.06. The maximum absolute atomic E-state index is 14.0. The lowest BCUT2D eigenvalue weighted by atomic mass is 9.85. The monoisotopic (exact) mass is 649 g/mol. The van der Waals surface area contributed by atoms with E-state index in [4.69, 9.17) is 9.47 Å². The van der Waals surface area contributed by atoms with E-state index in [2.05, 4.69) is 27.8 Å². The fourth-order valence-corrected chi connectivity index (χ4v) is 5.76. The Morgan fingerprint density at radius 2 is 1.41 bits per heavy atom. The third kappa shape index (κ3) is 10.4. The van der Waals surface area contributed by atoms with Crippen LogP contribution >= 0.6 is 0 Å². The van der Waals surface area contributed by atoms with Gasteiger partial charge in [-0.25, -0.2) is 9.59 Å². The number of nitrogens with one attached hydrogen (secondary N) is 4. The van der Waals surface area contributed by atoms with Crippen LogP contribution in [-0.2, 0) is 28.7 Å². The largest absolute Gasteiger partial charge is 0.444 e. The molecule has 13 nitrogen and oxygen atoms in total. The number of alkyl carbamates (subject to hydrolysis) is 2. The van der Waals surface area contributed by atoms with Gasteiger partial charge in [0.15, 0.2) is 0 Å². The number of ketones is 1. The molecule has 1 unspecified atom stereocenters. The van der Waals surface area contributed by atoms with Crippen LogP contribution < -0.4 is 21.3 Å². The highest BCUT2D eigenvalue weighted by atomic mass is 16.6. The number of hydrogen-bond acceptors (Lipinski definition) is 8. The van der Waals surface area contributed by atoms with Crippen LogP contribution in [0.5, 0.6) is 0 Å². The summed E-state index contributed by atoms with van der Waals surface area (Å²) in [5.74, 6) is -2.85. The van der Waals surface area contributed by atoms with Gasteiger partial charge in [0.1, 0.15) is 23.3 Å². The van der Waals surface area contributed by atoms with Crippen molar-refractivity contribution >= 4 is 35.7 Å². The summed E-state index contributed by atoms with van der Waals surface area (Å²) in [4.78, 5) is 80.0. The molecule has 0 spiro atoms. The number of likely N-dealkylation sites (tertiary alicyclic amines) is 1. The van der Waals surface area contributed by atoms with Crippen LogP contribution in [0.2, 0.25) is 0 Å². The molecule has 4 N–H and O–H groups in total. The van der Waals surface area contributed by atoms with Gasteiger partial charge in [-0.3, -0.25) is 19.2 Å². The number of piperidine rings is 1. The molecule has 1 saturated carbocycles. The Morgan fingerprint density at radius 1 is 0.870 bits per heavy atom. The highest BCUT2D eigenvalue weighted by Gasteiger charge is 2.70. The molecule has 46 heavy (non-hydrogen) atoms. The molecule has 1 aliphatic heterocycles.